The van der Waals surface area contributed by atoms with Crippen molar-refractivity contribution in [2.24, 2.45) is 0 Å². The molecule has 0 saturated carbocycles. The second-order valence-corrected chi connectivity index (χ2v) is 4.44. The van der Waals surface area contributed by atoms with Crippen molar-refractivity contribution in [2.45, 2.75) is 0 Å². The van der Waals surface area contributed by atoms with Crippen molar-refractivity contribution < 1.29 is 9.47 Å². The third-order valence-corrected chi connectivity index (χ3v) is 2.69. The third-order valence-electron chi connectivity index (χ3n) is 1.98. The highest BCUT2D eigenvalue weighted by molar-refractivity contribution is 6.34. The Labute approximate surface area is 118 Å². The number of ether oxygens (including phenoxy) is 2. The van der Waals surface area contributed by atoms with Crippen LogP contribution in [0.5, 0.6) is 17.4 Å². The van der Waals surface area contributed by atoms with E-state index in [9.17, 15) is 0 Å². The monoisotopic (exact) mass is 304 g/mol. The summed E-state index contributed by atoms with van der Waals surface area (Å²) >= 11 is 17.6. The molecule has 0 amide bonds. The number of nitrogens with zero attached hydrogens (tertiary/aromatic N) is 2. The van der Waals surface area contributed by atoms with Crippen LogP contribution in [0.15, 0.2) is 24.5 Å². The summed E-state index contributed by atoms with van der Waals surface area (Å²) in [5.74, 6) is 0.867. The Balaban J connectivity index is 2.36. The molecule has 7 heteroatoms. The van der Waals surface area contributed by atoms with Crippen LogP contribution in [0.4, 0.5) is 0 Å². The fourth-order valence-electron chi connectivity index (χ4n) is 1.28. The summed E-state index contributed by atoms with van der Waals surface area (Å²) in [4.78, 5) is 7.72. The van der Waals surface area contributed by atoms with E-state index in [0.717, 1.165) is 0 Å². The van der Waals surface area contributed by atoms with Crippen molar-refractivity contribution in [2.75, 3.05) is 7.11 Å². The highest BCUT2D eigenvalue weighted by atomic mass is 35.5. The molecule has 0 unspecified atom stereocenters. The average molecular weight is 306 g/mol. The summed E-state index contributed by atoms with van der Waals surface area (Å²) in [6.07, 6.45) is 1.27. The summed E-state index contributed by atoms with van der Waals surface area (Å²) in [7, 11) is 1.45. The van der Waals surface area contributed by atoms with Crippen molar-refractivity contribution in [3.63, 3.8) is 0 Å². The van der Waals surface area contributed by atoms with Gasteiger partial charge in [-0.25, -0.2) is 4.98 Å². The third kappa shape index (κ3) is 2.96. The average Bonchev–Trinajstić information content (AvgIpc) is 2.27. The van der Waals surface area contributed by atoms with Crippen LogP contribution in [-0.4, -0.2) is 17.1 Å². The predicted molar refractivity (Wildman–Crippen MR) is 70.1 cm³/mol. The Hall–Kier alpha value is -1.23. The maximum absolute atomic E-state index is 5.87. The lowest BCUT2D eigenvalue weighted by Crippen LogP contribution is -1.95. The van der Waals surface area contributed by atoms with E-state index in [4.69, 9.17) is 44.3 Å². The van der Waals surface area contributed by atoms with Crippen LogP contribution in [0.2, 0.25) is 15.2 Å². The van der Waals surface area contributed by atoms with Gasteiger partial charge >= 0.3 is 0 Å². The zero-order valence-corrected chi connectivity index (χ0v) is 11.4. The van der Waals surface area contributed by atoms with Crippen molar-refractivity contribution in [3.05, 3.63) is 39.7 Å². The minimum absolute atomic E-state index is 0.163. The van der Waals surface area contributed by atoms with E-state index in [0.29, 0.717) is 15.8 Å². The molecule has 1 heterocycles. The van der Waals surface area contributed by atoms with Crippen molar-refractivity contribution in [1.29, 1.82) is 0 Å². The lowest BCUT2D eigenvalue weighted by Gasteiger charge is -2.09. The molecule has 0 fully saturated rings. The molecule has 0 aliphatic heterocycles. The molecule has 2 aromatic rings. The molecule has 0 saturated heterocycles. The first kappa shape index (κ1) is 13.2. The van der Waals surface area contributed by atoms with E-state index in [1.807, 2.05) is 0 Å². The second-order valence-electron chi connectivity index (χ2n) is 3.21. The smallest absolute Gasteiger partial charge is 0.267 e. The van der Waals surface area contributed by atoms with E-state index >= 15 is 0 Å². The number of benzene rings is 1. The van der Waals surface area contributed by atoms with Crippen LogP contribution in [0.3, 0.4) is 0 Å². The van der Waals surface area contributed by atoms with Crippen LogP contribution < -0.4 is 9.47 Å². The van der Waals surface area contributed by atoms with Gasteiger partial charge in [0, 0.05) is 10.0 Å². The number of hydrogen-bond donors (Lipinski definition) is 0. The molecule has 4 nitrogen and oxygen atoms in total. The molecule has 0 bridgehead atoms. The summed E-state index contributed by atoms with van der Waals surface area (Å²) in [5, 5.41) is 1.07. The first-order valence-electron chi connectivity index (χ1n) is 4.78. The Bertz CT molecular complexity index is 558. The van der Waals surface area contributed by atoms with Gasteiger partial charge < -0.3 is 9.47 Å². The van der Waals surface area contributed by atoms with Crippen LogP contribution in [0, 0.1) is 0 Å². The Kier molecular flexibility index (Phi) is 4.11. The number of methoxy groups -OCH3 is 1. The molecule has 0 atom stereocenters. The number of hydrogen-bond acceptors (Lipinski definition) is 4. The molecule has 0 radical (unpaired) electrons. The molecule has 0 N–H and O–H groups in total. The molecule has 18 heavy (non-hydrogen) atoms. The Morgan fingerprint density at radius 3 is 2.28 bits per heavy atom. The molecule has 2 rings (SSSR count). The van der Waals surface area contributed by atoms with Gasteiger partial charge in [-0.2, -0.15) is 4.98 Å². The van der Waals surface area contributed by atoms with Crippen LogP contribution in [0.25, 0.3) is 0 Å². The zero-order valence-electron chi connectivity index (χ0n) is 9.15. The quantitative estimate of drug-likeness (QED) is 0.796. The normalized spacial score (nSPS) is 10.2. The maximum atomic E-state index is 5.87. The Morgan fingerprint density at radius 1 is 1.00 bits per heavy atom. The lowest BCUT2D eigenvalue weighted by molar-refractivity contribution is 0.367. The fourth-order valence-corrected chi connectivity index (χ4v) is 1.99. The van der Waals surface area contributed by atoms with Crippen molar-refractivity contribution in [3.8, 4) is 17.4 Å². The summed E-state index contributed by atoms with van der Waals surface area (Å²) in [6.45, 7) is 0. The van der Waals surface area contributed by atoms with E-state index in [-0.39, 0.29) is 16.8 Å². The van der Waals surface area contributed by atoms with Gasteiger partial charge in [0.05, 0.1) is 7.11 Å². The standard InChI is InChI=1S/C11H7Cl3N2O2/c1-17-9-10(14)15-5-16-11(9)18-8-3-6(12)2-7(13)4-8/h2-5H,1H3. The fraction of sp³-hybridized carbons (Fsp3) is 0.0909. The molecule has 0 aliphatic rings. The molecule has 1 aromatic carbocycles. The minimum atomic E-state index is 0.163. The van der Waals surface area contributed by atoms with Gasteiger partial charge in [0.1, 0.15) is 12.1 Å². The van der Waals surface area contributed by atoms with E-state index < -0.39 is 0 Å². The van der Waals surface area contributed by atoms with Crippen LogP contribution in [0.1, 0.15) is 0 Å². The van der Waals surface area contributed by atoms with Gasteiger partial charge in [0.2, 0.25) is 5.75 Å². The molecule has 0 spiro atoms. The SMILES string of the molecule is COc1c(Cl)ncnc1Oc1cc(Cl)cc(Cl)c1. The molecule has 0 aliphatic carbocycles. The van der Waals surface area contributed by atoms with Gasteiger partial charge in [-0.3, -0.25) is 0 Å². The van der Waals surface area contributed by atoms with E-state index in [1.54, 1.807) is 18.2 Å². The van der Waals surface area contributed by atoms with Gasteiger partial charge in [-0.05, 0) is 18.2 Å². The summed E-state index contributed by atoms with van der Waals surface area (Å²) < 4.78 is 10.6. The minimum Gasteiger partial charge on any atom is -0.489 e. The highest BCUT2D eigenvalue weighted by Gasteiger charge is 2.13. The van der Waals surface area contributed by atoms with Gasteiger partial charge in [0.15, 0.2) is 5.15 Å². The van der Waals surface area contributed by atoms with E-state index in [2.05, 4.69) is 9.97 Å². The largest absolute Gasteiger partial charge is 0.489 e. The van der Waals surface area contributed by atoms with E-state index in [1.165, 1.54) is 13.4 Å². The first-order valence-corrected chi connectivity index (χ1v) is 5.92. The van der Waals surface area contributed by atoms with Crippen molar-refractivity contribution >= 4 is 34.8 Å². The predicted octanol–water partition coefficient (Wildman–Crippen LogP) is 4.24. The molecular weight excluding hydrogens is 298 g/mol. The second kappa shape index (κ2) is 5.61. The lowest BCUT2D eigenvalue weighted by atomic mass is 10.3. The van der Waals surface area contributed by atoms with Crippen LogP contribution in [-0.2, 0) is 0 Å². The van der Waals surface area contributed by atoms with Gasteiger partial charge in [-0.15, -0.1) is 0 Å². The first-order chi connectivity index (χ1) is 8.60. The highest BCUT2D eigenvalue weighted by Crippen LogP contribution is 2.35. The Morgan fingerprint density at radius 2 is 1.67 bits per heavy atom. The van der Waals surface area contributed by atoms with Crippen LogP contribution >= 0.6 is 34.8 Å². The number of halogens is 3. The van der Waals surface area contributed by atoms with Gasteiger partial charge in [0.25, 0.3) is 5.88 Å². The zero-order chi connectivity index (χ0) is 13.1. The number of aromatic nitrogens is 2. The number of rotatable bonds is 3. The molecule has 94 valence electrons. The summed E-state index contributed by atoms with van der Waals surface area (Å²) in [6, 6.07) is 4.80. The molecular formula is C11H7Cl3N2O2. The molecule has 1 aromatic heterocycles. The van der Waals surface area contributed by atoms with Crippen molar-refractivity contribution in [1.82, 2.24) is 9.97 Å². The maximum Gasteiger partial charge on any atom is 0.267 e. The topological polar surface area (TPSA) is 44.2 Å². The summed E-state index contributed by atoms with van der Waals surface area (Å²) in [5.41, 5.74) is 0. The van der Waals surface area contributed by atoms with Gasteiger partial charge in [-0.1, -0.05) is 34.8 Å².